The number of nitrogens with one attached hydrogen (secondary N) is 1. The summed E-state index contributed by atoms with van der Waals surface area (Å²) in [6, 6.07) is 2.66. The van der Waals surface area contributed by atoms with Gasteiger partial charge in [0.05, 0.1) is 11.0 Å². The van der Waals surface area contributed by atoms with E-state index >= 15 is 0 Å². The fourth-order valence-electron chi connectivity index (χ4n) is 1.81. The van der Waals surface area contributed by atoms with Crippen LogP contribution in [0.1, 0.15) is 23.2 Å². The predicted octanol–water partition coefficient (Wildman–Crippen LogP) is 1.62. The van der Waals surface area contributed by atoms with Gasteiger partial charge in [-0.3, -0.25) is 14.9 Å². The molecule has 1 fully saturated rings. The average Bonchev–Trinajstić information content (AvgIpc) is 3.18. The largest absolute Gasteiger partial charge is 0.350 e. The second kappa shape index (κ2) is 6.62. The summed E-state index contributed by atoms with van der Waals surface area (Å²) < 4.78 is 13.2. The van der Waals surface area contributed by atoms with Crippen LogP contribution in [-0.4, -0.2) is 23.4 Å². The van der Waals surface area contributed by atoms with Crippen LogP contribution in [0.4, 0.5) is 10.1 Å². The van der Waals surface area contributed by atoms with Crippen molar-refractivity contribution >= 4 is 24.0 Å². The van der Waals surface area contributed by atoms with Crippen molar-refractivity contribution in [2.24, 2.45) is 11.7 Å². The van der Waals surface area contributed by atoms with Crippen LogP contribution in [0.5, 0.6) is 0 Å². The number of rotatable bonds is 5. The Balaban J connectivity index is 0.00000200. The number of carbonyl (C=O) groups is 1. The minimum Gasteiger partial charge on any atom is -0.350 e. The summed E-state index contributed by atoms with van der Waals surface area (Å²) in [7, 11) is 0. The molecule has 0 heterocycles. The standard InChI is InChI=1S/C12H14FN3O3.ClH/c13-9-3-8(4-10(5-9)16(18)19)12(17)15-6-11(14)7-1-2-7;/h3-5,7,11H,1-2,6,14H2,(H,15,17);1H. The zero-order valence-electron chi connectivity index (χ0n) is 10.5. The normalized spacial score (nSPS) is 15.1. The average molecular weight is 304 g/mol. The van der Waals surface area contributed by atoms with Crippen LogP contribution in [0, 0.1) is 21.8 Å². The highest BCUT2D eigenvalue weighted by Gasteiger charge is 2.28. The number of halogens is 2. The Bertz CT molecular complexity index is 523. The van der Waals surface area contributed by atoms with E-state index in [1.54, 1.807) is 0 Å². The lowest BCUT2D eigenvalue weighted by molar-refractivity contribution is -0.385. The highest BCUT2D eigenvalue weighted by Crippen LogP contribution is 2.31. The zero-order valence-corrected chi connectivity index (χ0v) is 11.4. The maximum absolute atomic E-state index is 13.2. The molecule has 0 aliphatic heterocycles. The number of amides is 1. The molecule has 1 aromatic rings. The van der Waals surface area contributed by atoms with E-state index in [4.69, 9.17) is 5.73 Å². The summed E-state index contributed by atoms with van der Waals surface area (Å²) in [6.07, 6.45) is 2.12. The van der Waals surface area contributed by atoms with Gasteiger partial charge < -0.3 is 11.1 Å². The first-order valence-electron chi connectivity index (χ1n) is 5.96. The molecule has 1 amide bonds. The van der Waals surface area contributed by atoms with Crippen molar-refractivity contribution in [1.82, 2.24) is 5.32 Å². The topological polar surface area (TPSA) is 98.3 Å². The molecule has 0 bridgehead atoms. The van der Waals surface area contributed by atoms with Gasteiger partial charge in [-0.2, -0.15) is 0 Å². The molecule has 3 N–H and O–H groups in total. The molecule has 1 aliphatic carbocycles. The van der Waals surface area contributed by atoms with Crippen molar-refractivity contribution in [2.75, 3.05) is 6.54 Å². The van der Waals surface area contributed by atoms with Gasteiger partial charge in [-0.1, -0.05) is 0 Å². The zero-order chi connectivity index (χ0) is 14.0. The van der Waals surface area contributed by atoms with Gasteiger partial charge in [0.25, 0.3) is 11.6 Å². The van der Waals surface area contributed by atoms with Crippen molar-refractivity contribution in [3.63, 3.8) is 0 Å². The summed E-state index contributed by atoms with van der Waals surface area (Å²) in [5.41, 5.74) is 5.29. The molecule has 0 spiro atoms. The molecule has 8 heteroatoms. The van der Waals surface area contributed by atoms with Gasteiger partial charge in [0.2, 0.25) is 0 Å². The van der Waals surface area contributed by atoms with E-state index in [1.807, 2.05) is 0 Å². The van der Waals surface area contributed by atoms with Crippen molar-refractivity contribution in [2.45, 2.75) is 18.9 Å². The molecular formula is C12H15ClFN3O3. The van der Waals surface area contributed by atoms with E-state index in [9.17, 15) is 19.3 Å². The second-order valence-corrected chi connectivity index (χ2v) is 4.67. The molecule has 0 saturated heterocycles. The predicted molar refractivity (Wildman–Crippen MR) is 73.3 cm³/mol. The minimum absolute atomic E-state index is 0. The number of benzene rings is 1. The molecule has 2 rings (SSSR count). The van der Waals surface area contributed by atoms with Crippen molar-refractivity contribution in [1.29, 1.82) is 0 Å². The number of nitrogens with zero attached hydrogens (tertiary/aromatic N) is 1. The Kier molecular flexibility index (Phi) is 5.41. The van der Waals surface area contributed by atoms with Crippen LogP contribution >= 0.6 is 12.4 Å². The van der Waals surface area contributed by atoms with Crippen LogP contribution < -0.4 is 11.1 Å². The molecule has 0 aromatic heterocycles. The van der Waals surface area contributed by atoms with Gasteiger partial charge in [-0.05, 0) is 24.8 Å². The van der Waals surface area contributed by atoms with E-state index in [2.05, 4.69) is 5.32 Å². The second-order valence-electron chi connectivity index (χ2n) is 4.67. The third-order valence-corrected chi connectivity index (χ3v) is 3.08. The van der Waals surface area contributed by atoms with E-state index < -0.39 is 22.3 Å². The molecular weight excluding hydrogens is 289 g/mol. The monoisotopic (exact) mass is 303 g/mol. The molecule has 20 heavy (non-hydrogen) atoms. The fourth-order valence-corrected chi connectivity index (χ4v) is 1.81. The van der Waals surface area contributed by atoms with Gasteiger partial charge in [-0.15, -0.1) is 12.4 Å². The molecule has 1 aliphatic rings. The first-order chi connectivity index (χ1) is 8.97. The Morgan fingerprint density at radius 1 is 1.50 bits per heavy atom. The minimum atomic E-state index is -0.814. The Hall–Kier alpha value is -1.73. The highest BCUT2D eigenvalue weighted by atomic mass is 35.5. The van der Waals surface area contributed by atoms with Gasteiger partial charge in [0.1, 0.15) is 5.82 Å². The summed E-state index contributed by atoms with van der Waals surface area (Å²) in [5, 5.41) is 13.1. The summed E-state index contributed by atoms with van der Waals surface area (Å²) in [4.78, 5) is 21.6. The van der Waals surface area contributed by atoms with E-state index in [-0.39, 0.29) is 30.6 Å². The lowest BCUT2D eigenvalue weighted by Gasteiger charge is -2.11. The smallest absolute Gasteiger partial charge is 0.273 e. The van der Waals surface area contributed by atoms with Crippen molar-refractivity contribution < 1.29 is 14.1 Å². The molecule has 6 nitrogen and oxygen atoms in total. The Morgan fingerprint density at radius 3 is 2.70 bits per heavy atom. The number of nitrogens with two attached hydrogens (primary N) is 1. The summed E-state index contributed by atoms with van der Waals surface area (Å²) in [5.74, 6) is -0.938. The van der Waals surface area contributed by atoms with Gasteiger partial charge >= 0.3 is 0 Å². The SMILES string of the molecule is Cl.NC(CNC(=O)c1cc(F)cc([N+](=O)[O-])c1)C1CC1. The third-order valence-electron chi connectivity index (χ3n) is 3.08. The van der Waals surface area contributed by atoms with Crippen LogP contribution in [0.25, 0.3) is 0 Å². The van der Waals surface area contributed by atoms with Gasteiger partial charge in [0, 0.05) is 24.2 Å². The fraction of sp³-hybridized carbons (Fsp3) is 0.417. The van der Waals surface area contributed by atoms with Crippen LogP contribution in [0.2, 0.25) is 0 Å². The molecule has 1 atom stereocenters. The summed E-state index contributed by atoms with van der Waals surface area (Å²) >= 11 is 0. The number of hydrogen-bond acceptors (Lipinski definition) is 4. The highest BCUT2D eigenvalue weighted by molar-refractivity contribution is 5.94. The van der Waals surface area contributed by atoms with Crippen LogP contribution in [-0.2, 0) is 0 Å². The van der Waals surface area contributed by atoms with Gasteiger partial charge in [0.15, 0.2) is 0 Å². The first kappa shape index (κ1) is 16.3. The Labute approximate surface area is 121 Å². The lowest BCUT2D eigenvalue weighted by atomic mass is 10.1. The molecule has 110 valence electrons. The quantitative estimate of drug-likeness (QED) is 0.638. The van der Waals surface area contributed by atoms with E-state index in [0.717, 1.165) is 31.0 Å². The molecule has 1 saturated carbocycles. The number of non-ortho nitro benzene ring substituents is 1. The lowest BCUT2D eigenvalue weighted by Crippen LogP contribution is -2.38. The van der Waals surface area contributed by atoms with Crippen LogP contribution in [0.3, 0.4) is 0 Å². The Morgan fingerprint density at radius 2 is 2.15 bits per heavy atom. The first-order valence-corrected chi connectivity index (χ1v) is 5.96. The van der Waals surface area contributed by atoms with E-state index in [0.29, 0.717) is 5.92 Å². The number of carbonyl (C=O) groups excluding carboxylic acids is 1. The number of hydrogen-bond donors (Lipinski definition) is 2. The molecule has 0 radical (unpaired) electrons. The number of nitro benzene ring substituents is 1. The molecule has 1 unspecified atom stereocenters. The summed E-state index contributed by atoms with van der Waals surface area (Å²) in [6.45, 7) is 0.286. The van der Waals surface area contributed by atoms with Crippen molar-refractivity contribution in [3.8, 4) is 0 Å². The van der Waals surface area contributed by atoms with Crippen LogP contribution in [0.15, 0.2) is 18.2 Å². The van der Waals surface area contributed by atoms with Crippen molar-refractivity contribution in [3.05, 3.63) is 39.7 Å². The molecule has 1 aromatic carbocycles. The maximum atomic E-state index is 13.2. The van der Waals surface area contributed by atoms with Gasteiger partial charge in [-0.25, -0.2) is 4.39 Å². The third kappa shape index (κ3) is 4.14. The van der Waals surface area contributed by atoms with E-state index in [1.165, 1.54) is 0 Å². The number of nitro groups is 1. The maximum Gasteiger partial charge on any atom is 0.273 e.